The summed E-state index contributed by atoms with van der Waals surface area (Å²) >= 11 is 5.92. The SMILES string of the molecule is Cc1cc(CNc2cc(Cl)ccc2C#N)n(C)n1. The molecule has 0 atom stereocenters. The Kier molecular flexibility index (Phi) is 3.54. The number of benzene rings is 1. The van der Waals surface area contributed by atoms with Crippen LogP contribution in [0.5, 0.6) is 0 Å². The van der Waals surface area contributed by atoms with E-state index in [1.807, 2.05) is 24.7 Å². The van der Waals surface area contributed by atoms with Crippen molar-refractivity contribution in [3.05, 3.63) is 46.2 Å². The van der Waals surface area contributed by atoms with Gasteiger partial charge in [-0.25, -0.2) is 0 Å². The summed E-state index contributed by atoms with van der Waals surface area (Å²) in [6.07, 6.45) is 0. The van der Waals surface area contributed by atoms with Crippen LogP contribution in [0.4, 0.5) is 5.69 Å². The molecular weight excluding hydrogens is 248 g/mol. The first-order chi connectivity index (χ1) is 8.60. The molecule has 0 aliphatic carbocycles. The van der Waals surface area contributed by atoms with Crippen LogP contribution in [0, 0.1) is 18.3 Å². The summed E-state index contributed by atoms with van der Waals surface area (Å²) in [6, 6.07) is 9.31. The van der Waals surface area contributed by atoms with Crippen LogP contribution >= 0.6 is 11.6 Å². The van der Waals surface area contributed by atoms with E-state index in [0.29, 0.717) is 17.1 Å². The highest BCUT2D eigenvalue weighted by Gasteiger charge is 2.05. The molecule has 0 unspecified atom stereocenters. The van der Waals surface area contributed by atoms with Gasteiger partial charge in [0.2, 0.25) is 0 Å². The number of aryl methyl sites for hydroxylation is 2. The number of rotatable bonds is 3. The predicted molar refractivity (Wildman–Crippen MR) is 71.4 cm³/mol. The molecule has 0 saturated heterocycles. The maximum atomic E-state index is 9.01. The van der Waals surface area contributed by atoms with Crippen molar-refractivity contribution >= 4 is 17.3 Å². The van der Waals surface area contributed by atoms with Gasteiger partial charge in [0.15, 0.2) is 0 Å². The molecule has 2 rings (SSSR count). The highest BCUT2D eigenvalue weighted by molar-refractivity contribution is 6.30. The molecule has 0 spiro atoms. The van der Waals surface area contributed by atoms with Gasteiger partial charge in [0.1, 0.15) is 6.07 Å². The van der Waals surface area contributed by atoms with E-state index in [-0.39, 0.29) is 0 Å². The van der Waals surface area contributed by atoms with Crippen LogP contribution in [0.3, 0.4) is 0 Å². The molecule has 1 aromatic heterocycles. The summed E-state index contributed by atoms with van der Waals surface area (Å²) in [6.45, 7) is 2.55. The normalized spacial score (nSPS) is 10.1. The second-order valence-corrected chi connectivity index (χ2v) is 4.49. The lowest BCUT2D eigenvalue weighted by molar-refractivity contribution is 0.713. The second-order valence-electron chi connectivity index (χ2n) is 4.06. The van der Waals surface area contributed by atoms with E-state index >= 15 is 0 Å². The van der Waals surface area contributed by atoms with Gasteiger partial charge in [-0.1, -0.05) is 11.6 Å². The van der Waals surface area contributed by atoms with Gasteiger partial charge < -0.3 is 5.32 Å². The average molecular weight is 261 g/mol. The third-order valence-corrected chi connectivity index (χ3v) is 2.90. The summed E-state index contributed by atoms with van der Waals surface area (Å²) in [7, 11) is 1.90. The minimum atomic E-state index is 0.582. The summed E-state index contributed by atoms with van der Waals surface area (Å²) in [5.41, 5.74) is 3.35. The third-order valence-electron chi connectivity index (χ3n) is 2.66. The van der Waals surface area contributed by atoms with Gasteiger partial charge in [0.25, 0.3) is 0 Å². The van der Waals surface area contributed by atoms with Crippen molar-refractivity contribution in [3.63, 3.8) is 0 Å². The standard InChI is InChI=1S/C13H13ClN4/c1-9-5-12(18(2)17-9)8-16-13-6-11(14)4-3-10(13)7-15/h3-6,16H,8H2,1-2H3. The lowest BCUT2D eigenvalue weighted by Gasteiger charge is -2.08. The van der Waals surface area contributed by atoms with Crippen LogP contribution in [-0.2, 0) is 13.6 Å². The van der Waals surface area contributed by atoms with Crippen LogP contribution in [0.1, 0.15) is 17.0 Å². The Morgan fingerprint density at radius 3 is 2.83 bits per heavy atom. The number of nitriles is 1. The number of nitrogens with one attached hydrogen (secondary N) is 1. The highest BCUT2D eigenvalue weighted by atomic mass is 35.5. The van der Waals surface area contributed by atoms with Gasteiger partial charge in [-0.3, -0.25) is 4.68 Å². The number of hydrogen-bond donors (Lipinski definition) is 1. The smallest absolute Gasteiger partial charge is 0.101 e. The van der Waals surface area contributed by atoms with Gasteiger partial charge in [0, 0.05) is 12.1 Å². The van der Waals surface area contributed by atoms with E-state index in [4.69, 9.17) is 16.9 Å². The Hall–Kier alpha value is -1.99. The zero-order valence-electron chi connectivity index (χ0n) is 10.2. The molecule has 0 aliphatic rings. The fraction of sp³-hybridized carbons (Fsp3) is 0.231. The van der Waals surface area contributed by atoms with Gasteiger partial charge in [-0.15, -0.1) is 0 Å². The van der Waals surface area contributed by atoms with Crippen molar-refractivity contribution in [3.8, 4) is 6.07 Å². The summed E-state index contributed by atoms with van der Waals surface area (Å²) in [5.74, 6) is 0. The largest absolute Gasteiger partial charge is 0.378 e. The van der Waals surface area contributed by atoms with Gasteiger partial charge >= 0.3 is 0 Å². The maximum Gasteiger partial charge on any atom is 0.101 e. The van der Waals surface area contributed by atoms with Crippen LogP contribution in [0.2, 0.25) is 5.02 Å². The van der Waals surface area contributed by atoms with E-state index in [0.717, 1.165) is 17.1 Å². The van der Waals surface area contributed by atoms with Gasteiger partial charge in [-0.05, 0) is 31.2 Å². The van der Waals surface area contributed by atoms with E-state index in [2.05, 4.69) is 16.5 Å². The minimum Gasteiger partial charge on any atom is -0.378 e. The Morgan fingerprint density at radius 2 is 2.22 bits per heavy atom. The number of aromatic nitrogens is 2. The van der Waals surface area contributed by atoms with Crippen molar-refractivity contribution in [1.82, 2.24) is 9.78 Å². The molecule has 0 fully saturated rings. The first-order valence-electron chi connectivity index (χ1n) is 5.53. The number of anilines is 1. The molecule has 1 aromatic carbocycles. The fourth-order valence-electron chi connectivity index (χ4n) is 1.78. The molecule has 0 saturated carbocycles. The fourth-order valence-corrected chi connectivity index (χ4v) is 1.95. The molecule has 0 amide bonds. The summed E-state index contributed by atoms with van der Waals surface area (Å²) in [5, 5.41) is 17.1. The summed E-state index contributed by atoms with van der Waals surface area (Å²) in [4.78, 5) is 0. The van der Waals surface area contributed by atoms with Crippen LogP contribution in [0.25, 0.3) is 0 Å². The van der Waals surface area contributed by atoms with Gasteiger partial charge in [0.05, 0.1) is 29.2 Å². The lowest BCUT2D eigenvalue weighted by Crippen LogP contribution is -2.06. The van der Waals surface area contributed by atoms with E-state index in [1.165, 1.54) is 0 Å². The monoisotopic (exact) mass is 260 g/mol. The van der Waals surface area contributed by atoms with Crippen LogP contribution < -0.4 is 5.32 Å². The van der Waals surface area contributed by atoms with Crippen molar-refractivity contribution in [2.24, 2.45) is 7.05 Å². The van der Waals surface area contributed by atoms with Crippen LogP contribution in [0.15, 0.2) is 24.3 Å². The number of hydrogen-bond acceptors (Lipinski definition) is 3. The molecular formula is C13H13ClN4. The molecule has 0 aliphatic heterocycles. The second kappa shape index (κ2) is 5.11. The molecule has 92 valence electrons. The predicted octanol–water partition coefficient (Wildman–Crippen LogP) is 2.87. The number of nitrogens with zero attached hydrogens (tertiary/aromatic N) is 3. The molecule has 1 heterocycles. The molecule has 4 nitrogen and oxygen atoms in total. The first kappa shape index (κ1) is 12.5. The number of halogens is 1. The van der Waals surface area contributed by atoms with Crippen LogP contribution in [-0.4, -0.2) is 9.78 Å². The van der Waals surface area contributed by atoms with Gasteiger partial charge in [-0.2, -0.15) is 10.4 Å². The molecule has 0 radical (unpaired) electrons. The first-order valence-corrected chi connectivity index (χ1v) is 5.91. The quantitative estimate of drug-likeness (QED) is 0.923. The van der Waals surface area contributed by atoms with E-state index in [9.17, 15) is 0 Å². The zero-order valence-corrected chi connectivity index (χ0v) is 11.0. The molecule has 0 bridgehead atoms. The molecule has 18 heavy (non-hydrogen) atoms. The lowest BCUT2D eigenvalue weighted by atomic mass is 10.2. The minimum absolute atomic E-state index is 0.582. The third kappa shape index (κ3) is 2.63. The molecule has 2 aromatic rings. The topological polar surface area (TPSA) is 53.6 Å². The van der Waals surface area contributed by atoms with Crippen molar-refractivity contribution < 1.29 is 0 Å². The molecule has 1 N–H and O–H groups in total. The zero-order chi connectivity index (χ0) is 13.1. The Labute approximate surface area is 111 Å². The van der Waals surface area contributed by atoms with Crippen molar-refractivity contribution in [1.29, 1.82) is 5.26 Å². The van der Waals surface area contributed by atoms with Crippen molar-refractivity contribution in [2.45, 2.75) is 13.5 Å². The Balaban J connectivity index is 2.18. The Morgan fingerprint density at radius 1 is 1.44 bits per heavy atom. The highest BCUT2D eigenvalue weighted by Crippen LogP contribution is 2.21. The summed E-state index contributed by atoms with van der Waals surface area (Å²) < 4.78 is 1.82. The maximum absolute atomic E-state index is 9.01. The van der Waals surface area contributed by atoms with Crippen molar-refractivity contribution in [2.75, 3.05) is 5.32 Å². The molecule has 5 heteroatoms. The van der Waals surface area contributed by atoms with E-state index < -0.39 is 0 Å². The average Bonchev–Trinajstić information content (AvgIpc) is 2.65. The van der Waals surface area contributed by atoms with E-state index in [1.54, 1.807) is 18.2 Å². The Bertz CT molecular complexity index is 610.